The molecule has 0 saturated heterocycles. The second-order valence-electron chi connectivity index (χ2n) is 6.52. The number of hydrogen-bond acceptors (Lipinski definition) is 6. The van der Waals surface area contributed by atoms with Crippen molar-refractivity contribution in [2.75, 3.05) is 18.5 Å². The summed E-state index contributed by atoms with van der Waals surface area (Å²) in [5, 5.41) is 4.85. The molecule has 0 bridgehead atoms. The number of amides is 3. The van der Waals surface area contributed by atoms with E-state index in [1.807, 2.05) is 25.2 Å². The van der Waals surface area contributed by atoms with Gasteiger partial charge in [-0.2, -0.15) is 0 Å². The molecule has 0 fully saturated rings. The van der Waals surface area contributed by atoms with Gasteiger partial charge in [0.05, 0.1) is 11.3 Å². The molecule has 0 unspecified atom stereocenters. The summed E-state index contributed by atoms with van der Waals surface area (Å²) in [6.07, 6.45) is -0.304. The SMILES string of the molecule is Cc1cccc(NC(=O)NC(=O)COC(=O)CCNS(=O)(=O)c2cccc(Cl)c2)c1C. The Hall–Kier alpha value is -2.95. The molecule has 3 amide bonds. The van der Waals surface area contributed by atoms with Crippen LogP contribution in [0, 0.1) is 13.8 Å². The van der Waals surface area contributed by atoms with Gasteiger partial charge in [0.25, 0.3) is 5.91 Å². The van der Waals surface area contributed by atoms with Crippen LogP contribution in [0.3, 0.4) is 0 Å². The number of carbonyl (C=O) groups is 3. The third-order valence-electron chi connectivity index (χ3n) is 4.20. The summed E-state index contributed by atoms with van der Waals surface area (Å²) in [5.41, 5.74) is 2.38. The van der Waals surface area contributed by atoms with Crippen LogP contribution in [-0.2, 0) is 24.3 Å². The molecule has 0 aliphatic carbocycles. The van der Waals surface area contributed by atoms with Gasteiger partial charge >= 0.3 is 12.0 Å². The van der Waals surface area contributed by atoms with E-state index in [0.717, 1.165) is 11.1 Å². The number of nitrogens with one attached hydrogen (secondary N) is 3. The molecule has 3 N–H and O–H groups in total. The van der Waals surface area contributed by atoms with E-state index in [0.29, 0.717) is 5.69 Å². The molecule has 0 aromatic heterocycles. The molecule has 2 aromatic carbocycles. The number of carbonyl (C=O) groups excluding carboxylic acids is 3. The maximum absolute atomic E-state index is 12.1. The molecular formula is C20H22ClN3O6S. The number of ether oxygens (including phenoxy) is 1. The van der Waals surface area contributed by atoms with Crippen LogP contribution in [0.25, 0.3) is 0 Å². The first-order chi connectivity index (χ1) is 14.6. The van der Waals surface area contributed by atoms with Crippen molar-refractivity contribution in [2.45, 2.75) is 25.2 Å². The Labute approximate surface area is 185 Å². The fourth-order valence-electron chi connectivity index (χ4n) is 2.43. The van der Waals surface area contributed by atoms with Crippen LogP contribution in [0.15, 0.2) is 47.4 Å². The molecule has 0 spiro atoms. The third-order valence-corrected chi connectivity index (χ3v) is 5.89. The number of urea groups is 1. The molecule has 0 aliphatic heterocycles. The number of halogens is 1. The number of anilines is 1. The zero-order valence-corrected chi connectivity index (χ0v) is 18.5. The van der Waals surface area contributed by atoms with Crippen LogP contribution < -0.4 is 15.4 Å². The Morgan fingerprint density at radius 1 is 1.06 bits per heavy atom. The van der Waals surface area contributed by atoms with Crippen LogP contribution in [0.5, 0.6) is 0 Å². The Kier molecular flexibility index (Phi) is 8.55. The van der Waals surface area contributed by atoms with Gasteiger partial charge in [0.15, 0.2) is 6.61 Å². The zero-order valence-electron chi connectivity index (χ0n) is 16.9. The lowest BCUT2D eigenvalue weighted by Gasteiger charge is -2.11. The van der Waals surface area contributed by atoms with Gasteiger partial charge in [-0.15, -0.1) is 0 Å². The molecule has 11 heteroatoms. The first kappa shape index (κ1) is 24.3. The van der Waals surface area contributed by atoms with Crippen molar-refractivity contribution in [1.82, 2.24) is 10.0 Å². The number of benzene rings is 2. The van der Waals surface area contributed by atoms with Gasteiger partial charge in [0.1, 0.15) is 0 Å². The molecule has 0 saturated carbocycles. The first-order valence-corrected chi connectivity index (χ1v) is 11.0. The van der Waals surface area contributed by atoms with Crippen LogP contribution >= 0.6 is 11.6 Å². The fourth-order valence-corrected chi connectivity index (χ4v) is 3.76. The van der Waals surface area contributed by atoms with E-state index in [1.54, 1.807) is 12.1 Å². The number of rotatable bonds is 8. The molecule has 31 heavy (non-hydrogen) atoms. The van der Waals surface area contributed by atoms with Gasteiger partial charge in [-0.3, -0.25) is 14.9 Å². The lowest BCUT2D eigenvalue weighted by Crippen LogP contribution is -2.37. The summed E-state index contributed by atoms with van der Waals surface area (Å²) >= 11 is 5.77. The van der Waals surface area contributed by atoms with E-state index in [9.17, 15) is 22.8 Å². The van der Waals surface area contributed by atoms with E-state index in [1.165, 1.54) is 24.3 Å². The summed E-state index contributed by atoms with van der Waals surface area (Å²) in [5.74, 6) is -1.63. The molecule has 0 heterocycles. The number of sulfonamides is 1. The van der Waals surface area contributed by atoms with Crippen molar-refractivity contribution in [3.05, 3.63) is 58.6 Å². The lowest BCUT2D eigenvalue weighted by molar-refractivity contribution is -0.148. The minimum absolute atomic E-state index is 0.0393. The van der Waals surface area contributed by atoms with Crippen LogP contribution in [0.4, 0.5) is 10.5 Å². The van der Waals surface area contributed by atoms with Crippen molar-refractivity contribution >= 4 is 45.2 Å². The van der Waals surface area contributed by atoms with Gasteiger partial charge in [0.2, 0.25) is 10.0 Å². The minimum Gasteiger partial charge on any atom is -0.456 e. The zero-order chi connectivity index (χ0) is 23.0. The Morgan fingerprint density at radius 2 is 1.77 bits per heavy atom. The van der Waals surface area contributed by atoms with Crippen LogP contribution in [0.2, 0.25) is 5.02 Å². The first-order valence-electron chi connectivity index (χ1n) is 9.16. The van der Waals surface area contributed by atoms with Crippen LogP contribution in [0.1, 0.15) is 17.5 Å². The number of aryl methyl sites for hydroxylation is 1. The van der Waals surface area contributed by atoms with Crippen molar-refractivity contribution in [3.8, 4) is 0 Å². The predicted molar refractivity (Wildman–Crippen MR) is 115 cm³/mol. The number of hydrogen-bond donors (Lipinski definition) is 3. The highest BCUT2D eigenvalue weighted by molar-refractivity contribution is 7.89. The summed E-state index contributed by atoms with van der Waals surface area (Å²) in [6.45, 7) is 2.80. The van der Waals surface area contributed by atoms with Gasteiger partial charge in [-0.1, -0.05) is 29.8 Å². The lowest BCUT2D eigenvalue weighted by atomic mass is 10.1. The van der Waals surface area contributed by atoms with Gasteiger partial charge in [0, 0.05) is 17.3 Å². The second-order valence-corrected chi connectivity index (χ2v) is 8.72. The smallest absolute Gasteiger partial charge is 0.325 e. The quantitative estimate of drug-likeness (QED) is 0.511. The van der Waals surface area contributed by atoms with Crippen molar-refractivity contribution in [3.63, 3.8) is 0 Å². The number of esters is 1. The summed E-state index contributed by atoms with van der Waals surface area (Å²) in [7, 11) is -3.84. The fraction of sp³-hybridized carbons (Fsp3) is 0.250. The molecule has 0 aliphatic rings. The molecule has 0 radical (unpaired) electrons. The average Bonchev–Trinajstić information content (AvgIpc) is 2.70. The maximum Gasteiger partial charge on any atom is 0.325 e. The second kappa shape index (κ2) is 10.9. The van der Waals surface area contributed by atoms with E-state index in [2.05, 4.69) is 10.0 Å². The standard InChI is InChI=1S/C20H22ClN3O6S/c1-13-5-3-8-17(14(13)2)23-20(27)24-18(25)12-30-19(26)9-10-22-31(28,29)16-7-4-6-15(21)11-16/h3-8,11,22H,9-10,12H2,1-2H3,(H2,23,24,25,27). The van der Waals surface area contributed by atoms with E-state index >= 15 is 0 Å². The Balaban J connectivity index is 1.72. The van der Waals surface area contributed by atoms with Crippen LogP contribution in [-0.4, -0.2) is 39.5 Å². The minimum atomic E-state index is -3.84. The highest BCUT2D eigenvalue weighted by atomic mass is 35.5. The van der Waals surface area contributed by atoms with Crippen molar-refractivity contribution in [1.29, 1.82) is 0 Å². The number of imide groups is 1. The van der Waals surface area contributed by atoms with Gasteiger partial charge in [-0.25, -0.2) is 17.9 Å². The van der Waals surface area contributed by atoms with E-state index in [-0.39, 0.29) is 22.9 Å². The molecular weight excluding hydrogens is 446 g/mol. The molecule has 166 valence electrons. The molecule has 0 atom stereocenters. The largest absolute Gasteiger partial charge is 0.456 e. The Morgan fingerprint density at radius 3 is 2.48 bits per heavy atom. The third kappa shape index (κ3) is 7.67. The predicted octanol–water partition coefficient (Wildman–Crippen LogP) is 2.52. The maximum atomic E-state index is 12.1. The summed E-state index contributed by atoms with van der Waals surface area (Å²) < 4.78 is 31.2. The Bertz CT molecular complexity index is 1090. The highest BCUT2D eigenvalue weighted by Gasteiger charge is 2.16. The van der Waals surface area contributed by atoms with Crippen molar-refractivity contribution in [2.24, 2.45) is 0 Å². The molecule has 2 aromatic rings. The van der Waals surface area contributed by atoms with E-state index in [4.69, 9.17) is 16.3 Å². The monoisotopic (exact) mass is 467 g/mol. The normalized spacial score (nSPS) is 10.9. The highest BCUT2D eigenvalue weighted by Crippen LogP contribution is 2.17. The summed E-state index contributed by atoms with van der Waals surface area (Å²) in [6, 6.07) is 10.2. The van der Waals surface area contributed by atoms with Gasteiger partial charge in [-0.05, 0) is 49.2 Å². The molecule has 2 rings (SSSR count). The topological polar surface area (TPSA) is 131 Å². The molecule has 9 nitrogen and oxygen atoms in total. The van der Waals surface area contributed by atoms with Crippen molar-refractivity contribution < 1.29 is 27.5 Å². The summed E-state index contributed by atoms with van der Waals surface area (Å²) in [4.78, 5) is 35.4. The van der Waals surface area contributed by atoms with Gasteiger partial charge < -0.3 is 10.1 Å². The average molecular weight is 468 g/mol. The van der Waals surface area contributed by atoms with E-state index < -0.39 is 34.5 Å².